The molecule has 1 N–H and O–H groups in total. The summed E-state index contributed by atoms with van der Waals surface area (Å²) in [7, 11) is 0. The fourth-order valence-corrected chi connectivity index (χ4v) is 2.89. The summed E-state index contributed by atoms with van der Waals surface area (Å²) in [6, 6.07) is 8.14. The van der Waals surface area contributed by atoms with Crippen LogP contribution in [0.2, 0.25) is 0 Å². The molecule has 0 radical (unpaired) electrons. The van der Waals surface area contributed by atoms with E-state index in [2.05, 4.69) is 6.07 Å². The quantitative estimate of drug-likeness (QED) is 0.924. The number of carbonyl (C=O) groups is 2. The Morgan fingerprint density at radius 3 is 2.60 bits per heavy atom. The number of benzene rings is 1. The first-order chi connectivity index (χ1) is 9.40. The van der Waals surface area contributed by atoms with Crippen LogP contribution < -0.4 is 0 Å². The van der Waals surface area contributed by atoms with E-state index in [-0.39, 0.29) is 11.7 Å². The lowest BCUT2D eigenvalue weighted by molar-refractivity contribution is -0.138. The number of fused-ring (bicyclic) bond motifs is 1. The van der Waals surface area contributed by atoms with Gasteiger partial charge in [0.25, 0.3) is 0 Å². The number of hydrogen-bond acceptors (Lipinski definition) is 3. The average molecular weight is 293 g/mol. The number of carboxylic acids is 1. The van der Waals surface area contributed by atoms with E-state index in [1.165, 1.54) is 22.9 Å². The fourth-order valence-electron chi connectivity index (χ4n) is 2.10. The maximum atomic E-state index is 12.2. The molecule has 0 atom stereocenters. The van der Waals surface area contributed by atoms with Gasteiger partial charge >= 0.3 is 5.97 Å². The second kappa shape index (κ2) is 5.87. The number of hydrogen-bond donors (Lipinski definition) is 1. The first kappa shape index (κ1) is 14.9. The van der Waals surface area contributed by atoms with Gasteiger partial charge in [0.1, 0.15) is 4.75 Å². The molecule has 1 aliphatic rings. The first-order valence-electron chi connectivity index (χ1n) is 6.62. The van der Waals surface area contributed by atoms with Crippen LogP contribution in [0.3, 0.4) is 0 Å². The van der Waals surface area contributed by atoms with E-state index < -0.39 is 10.7 Å². The highest BCUT2D eigenvalue weighted by Gasteiger charge is 2.30. The van der Waals surface area contributed by atoms with Gasteiger partial charge in [0, 0.05) is 13.1 Å². The van der Waals surface area contributed by atoms with Crippen molar-refractivity contribution in [2.24, 2.45) is 0 Å². The third kappa shape index (κ3) is 3.33. The van der Waals surface area contributed by atoms with Crippen molar-refractivity contribution in [3.05, 3.63) is 35.4 Å². The molecule has 5 heteroatoms. The predicted molar refractivity (Wildman–Crippen MR) is 79.7 cm³/mol. The summed E-state index contributed by atoms with van der Waals surface area (Å²) >= 11 is 1.18. The number of amides is 1. The summed E-state index contributed by atoms with van der Waals surface area (Å²) in [5.74, 6) is -0.667. The Kier molecular flexibility index (Phi) is 4.38. The van der Waals surface area contributed by atoms with Crippen LogP contribution in [0.15, 0.2) is 24.3 Å². The third-order valence-electron chi connectivity index (χ3n) is 3.55. The summed E-state index contributed by atoms with van der Waals surface area (Å²) in [5.41, 5.74) is 2.49. The summed E-state index contributed by atoms with van der Waals surface area (Å²) in [5, 5.41) is 9.05. The molecule has 108 valence electrons. The number of carbonyl (C=O) groups excluding carboxylic acids is 1. The van der Waals surface area contributed by atoms with Crippen molar-refractivity contribution < 1.29 is 14.7 Å². The van der Waals surface area contributed by atoms with Crippen molar-refractivity contribution in [1.82, 2.24) is 4.90 Å². The molecule has 1 aliphatic heterocycles. The molecule has 1 amide bonds. The molecule has 1 aromatic rings. The van der Waals surface area contributed by atoms with E-state index in [0.717, 1.165) is 6.42 Å². The minimum atomic E-state index is -0.927. The monoisotopic (exact) mass is 293 g/mol. The van der Waals surface area contributed by atoms with Gasteiger partial charge in [-0.25, -0.2) is 0 Å². The molecule has 4 nitrogen and oxygen atoms in total. The predicted octanol–water partition coefficient (Wildman–Crippen LogP) is 2.17. The molecule has 0 saturated heterocycles. The van der Waals surface area contributed by atoms with Crippen molar-refractivity contribution in [2.45, 2.75) is 31.6 Å². The SMILES string of the molecule is CC(C)(SCC(=O)N1CCc2ccccc2C1)C(=O)O. The second-order valence-electron chi connectivity index (χ2n) is 5.44. The maximum absolute atomic E-state index is 12.2. The van der Waals surface area contributed by atoms with E-state index >= 15 is 0 Å². The fraction of sp³-hybridized carbons (Fsp3) is 0.467. The minimum Gasteiger partial charge on any atom is -0.480 e. The van der Waals surface area contributed by atoms with Gasteiger partial charge in [0.15, 0.2) is 0 Å². The van der Waals surface area contributed by atoms with Gasteiger partial charge in [-0.3, -0.25) is 9.59 Å². The van der Waals surface area contributed by atoms with E-state index in [9.17, 15) is 9.59 Å². The number of carboxylic acid groups (broad SMARTS) is 1. The van der Waals surface area contributed by atoms with E-state index in [1.807, 2.05) is 23.1 Å². The molecule has 0 aromatic heterocycles. The minimum absolute atomic E-state index is 0.0128. The average Bonchev–Trinajstić information content (AvgIpc) is 2.44. The van der Waals surface area contributed by atoms with Crippen LogP contribution in [0.5, 0.6) is 0 Å². The highest BCUT2D eigenvalue weighted by molar-refractivity contribution is 8.01. The second-order valence-corrected chi connectivity index (χ2v) is 7.04. The summed E-state index contributed by atoms with van der Waals surface area (Å²) < 4.78 is -0.927. The zero-order valence-electron chi connectivity index (χ0n) is 11.8. The van der Waals surface area contributed by atoms with Crippen LogP contribution in [0.1, 0.15) is 25.0 Å². The number of thioether (sulfide) groups is 1. The molecule has 1 aromatic carbocycles. The molecular weight excluding hydrogens is 274 g/mol. The standard InChI is InChI=1S/C15H19NO3S/c1-15(2,14(18)19)20-10-13(17)16-8-7-11-5-3-4-6-12(11)9-16/h3-6H,7-10H2,1-2H3,(H,18,19). The zero-order chi connectivity index (χ0) is 14.8. The Morgan fingerprint density at radius 1 is 1.30 bits per heavy atom. The van der Waals surface area contributed by atoms with Crippen LogP contribution in [-0.4, -0.2) is 38.9 Å². The van der Waals surface area contributed by atoms with Crippen LogP contribution >= 0.6 is 11.8 Å². The van der Waals surface area contributed by atoms with E-state index in [0.29, 0.717) is 13.1 Å². The summed E-state index contributed by atoms with van der Waals surface area (Å²) in [6.45, 7) is 4.59. The molecule has 2 rings (SSSR count). The van der Waals surface area contributed by atoms with E-state index in [4.69, 9.17) is 5.11 Å². The van der Waals surface area contributed by atoms with Gasteiger partial charge in [-0.1, -0.05) is 24.3 Å². The summed E-state index contributed by atoms with van der Waals surface area (Å²) in [4.78, 5) is 25.0. The zero-order valence-corrected chi connectivity index (χ0v) is 12.6. The Labute approximate surface area is 123 Å². The third-order valence-corrected chi connectivity index (χ3v) is 4.84. The molecule has 0 bridgehead atoms. The molecule has 0 spiro atoms. The van der Waals surface area contributed by atoms with Gasteiger partial charge in [0.05, 0.1) is 5.75 Å². The number of rotatable bonds is 4. The van der Waals surface area contributed by atoms with Crippen molar-refractivity contribution in [3.8, 4) is 0 Å². The van der Waals surface area contributed by atoms with Crippen molar-refractivity contribution in [3.63, 3.8) is 0 Å². The van der Waals surface area contributed by atoms with Crippen LogP contribution in [-0.2, 0) is 22.6 Å². The lowest BCUT2D eigenvalue weighted by atomic mass is 10.00. The van der Waals surface area contributed by atoms with E-state index in [1.54, 1.807) is 13.8 Å². The molecule has 0 unspecified atom stereocenters. The van der Waals surface area contributed by atoms with Crippen LogP contribution in [0, 0.1) is 0 Å². The molecule has 0 fully saturated rings. The molecular formula is C15H19NO3S. The maximum Gasteiger partial charge on any atom is 0.319 e. The molecule has 0 aliphatic carbocycles. The highest BCUT2D eigenvalue weighted by atomic mass is 32.2. The number of nitrogens with zero attached hydrogens (tertiary/aromatic N) is 1. The van der Waals surface area contributed by atoms with Gasteiger partial charge in [-0.2, -0.15) is 0 Å². The Bertz CT molecular complexity index is 528. The highest BCUT2D eigenvalue weighted by Crippen LogP contribution is 2.26. The Morgan fingerprint density at radius 2 is 1.95 bits per heavy atom. The topological polar surface area (TPSA) is 57.6 Å². The van der Waals surface area contributed by atoms with Crippen molar-refractivity contribution in [1.29, 1.82) is 0 Å². The van der Waals surface area contributed by atoms with Gasteiger partial charge < -0.3 is 10.0 Å². The van der Waals surface area contributed by atoms with Crippen LogP contribution in [0.25, 0.3) is 0 Å². The normalized spacial score (nSPS) is 14.8. The lowest BCUT2D eigenvalue weighted by Gasteiger charge is -2.29. The van der Waals surface area contributed by atoms with Crippen LogP contribution in [0.4, 0.5) is 0 Å². The first-order valence-corrected chi connectivity index (χ1v) is 7.60. The Balaban J connectivity index is 1.94. The van der Waals surface area contributed by atoms with Crippen molar-refractivity contribution >= 4 is 23.6 Å². The lowest BCUT2D eigenvalue weighted by Crippen LogP contribution is -2.38. The van der Waals surface area contributed by atoms with Gasteiger partial charge in [-0.15, -0.1) is 11.8 Å². The summed E-state index contributed by atoms with van der Waals surface area (Å²) in [6.07, 6.45) is 0.870. The smallest absolute Gasteiger partial charge is 0.319 e. The van der Waals surface area contributed by atoms with Gasteiger partial charge in [-0.05, 0) is 31.4 Å². The molecule has 0 saturated carbocycles. The molecule has 20 heavy (non-hydrogen) atoms. The van der Waals surface area contributed by atoms with Crippen molar-refractivity contribution in [2.75, 3.05) is 12.3 Å². The Hall–Kier alpha value is -1.49. The van der Waals surface area contributed by atoms with Gasteiger partial charge in [0.2, 0.25) is 5.91 Å². The largest absolute Gasteiger partial charge is 0.480 e. The molecule has 1 heterocycles. The number of aliphatic carboxylic acids is 1.